The van der Waals surface area contributed by atoms with Crippen LogP contribution in [0.5, 0.6) is 28.7 Å². The molecule has 41 heavy (non-hydrogen) atoms. The molecule has 12 nitrogen and oxygen atoms in total. The molecule has 1 fully saturated rings. The molecule has 3 aliphatic heterocycles. The molecule has 3 aliphatic rings. The number of fused-ring (bicyclic) bond motifs is 10. The van der Waals surface area contributed by atoms with Crippen molar-refractivity contribution in [2.45, 2.75) is 50.2 Å². The Bertz CT molecular complexity index is 1570. The van der Waals surface area contributed by atoms with Crippen molar-refractivity contribution < 1.29 is 59.2 Å². The highest BCUT2D eigenvalue weighted by molar-refractivity contribution is 6.03. The van der Waals surface area contributed by atoms with Crippen molar-refractivity contribution >= 4 is 11.8 Å². The topological polar surface area (TPSA) is 192 Å². The van der Waals surface area contributed by atoms with Crippen LogP contribution in [0.25, 0.3) is 11.1 Å². The number of phenolic OH excluding ortho intramolecular Hbond substituents is 3. The van der Waals surface area contributed by atoms with E-state index in [9.17, 15) is 40.2 Å². The van der Waals surface area contributed by atoms with Crippen LogP contribution in [0.3, 0.4) is 0 Å². The lowest BCUT2D eigenvalue weighted by atomic mass is 9.91. The molecule has 6 atom stereocenters. The van der Waals surface area contributed by atoms with E-state index in [1.165, 1.54) is 43.3 Å². The maximum absolute atomic E-state index is 13.2. The molecular weight excluding hydrogens is 540 g/mol. The first-order valence-electron chi connectivity index (χ1n) is 12.8. The minimum atomic E-state index is -1.76. The van der Waals surface area contributed by atoms with Crippen LogP contribution < -0.4 is 9.47 Å². The number of Topliss-reactive ketones (excluding diaryl/α,β-unsaturated/α-hetero) is 1. The lowest BCUT2D eigenvalue weighted by molar-refractivity contribution is -0.277. The average Bonchev–Trinajstić information content (AvgIpc) is 2.95. The van der Waals surface area contributed by atoms with Crippen LogP contribution in [0, 0.1) is 6.92 Å². The van der Waals surface area contributed by atoms with E-state index in [1.807, 2.05) is 0 Å². The number of cyclic esters (lactones) is 1. The summed E-state index contributed by atoms with van der Waals surface area (Å²) in [6.45, 7) is 0.879. The first-order chi connectivity index (χ1) is 19.5. The monoisotopic (exact) mass is 566 g/mol. The maximum atomic E-state index is 13.2. The third kappa shape index (κ3) is 4.41. The molecule has 3 heterocycles. The van der Waals surface area contributed by atoms with Crippen LogP contribution >= 0.6 is 0 Å². The first kappa shape index (κ1) is 26.8. The van der Waals surface area contributed by atoms with Crippen molar-refractivity contribution in [1.82, 2.24) is 0 Å². The second-order valence-corrected chi connectivity index (χ2v) is 10.2. The molecule has 0 amide bonds. The molecule has 0 aliphatic carbocycles. The smallest absolute Gasteiger partial charge is 0.342 e. The molecule has 0 spiro atoms. The number of hydrogen-bond acceptors (Lipinski definition) is 12. The fourth-order valence-corrected chi connectivity index (χ4v) is 5.26. The van der Waals surface area contributed by atoms with Crippen molar-refractivity contribution in [3.05, 3.63) is 64.7 Å². The fourth-order valence-electron chi connectivity index (χ4n) is 5.26. The number of benzene rings is 3. The molecule has 0 saturated carbocycles. The molecule has 0 radical (unpaired) electrons. The number of rotatable bonds is 0. The van der Waals surface area contributed by atoms with Crippen LogP contribution in [0.1, 0.15) is 44.4 Å². The fraction of sp³-hybridized carbons (Fsp3) is 0.310. The SMILES string of the molecule is Cc1c2cc3c(c1O)C(=O)CC(O3)c1ccc(O)c(c1)-c1cccc(c1O)C(=O)OCC1OC(O2)C(O)C(O)C1O. The highest BCUT2D eigenvalue weighted by atomic mass is 16.7. The van der Waals surface area contributed by atoms with Crippen molar-refractivity contribution in [3.8, 4) is 39.9 Å². The zero-order chi connectivity index (χ0) is 29.2. The highest BCUT2D eigenvalue weighted by Crippen LogP contribution is 2.46. The Hall–Kier alpha value is -4.36. The number of ether oxygens (including phenoxy) is 4. The van der Waals surface area contributed by atoms with E-state index in [2.05, 4.69) is 0 Å². The number of esters is 1. The van der Waals surface area contributed by atoms with Crippen molar-refractivity contribution in [3.63, 3.8) is 0 Å². The number of para-hydroxylation sites is 1. The maximum Gasteiger partial charge on any atom is 0.342 e. The number of aliphatic hydroxyl groups excluding tert-OH is 3. The normalized spacial score (nSPS) is 27.2. The number of aliphatic hydroxyl groups is 3. The Morgan fingerprint density at radius 2 is 1.56 bits per heavy atom. The summed E-state index contributed by atoms with van der Waals surface area (Å²) in [5.74, 6) is -2.58. The van der Waals surface area contributed by atoms with E-state index < -0.39 is 66.7 Å². The van der Waals surface area contributed by atoms with Gasteiger partial charge in [0.15, 0.2) is 5.78 Å². The van der Waals surface area contributed by atoms with Gasteiger partial charge in [0.05, 0.1) is 6.42 Å². The summed E-state index contributed by atoms with van der Waals surface area (Å²) in [7, 11) is 0. The van der Waals surface area contributed by atoms with Gasteiger partial charge in [-0.15, -0.1) is 0 Å². The van der Waals surface area contributed by atoms with Gasteiger partial charge in [-0.2, -0.15) is 0 Å². The Morgan fingerprint density at radius 1 is 0.805 bits per heavy atom. The van der Waals surface area contributed by atoms with Gasteiger partial charge in [0.2, 0.25) is 6.29 Å². The number of hydrogen-bond donors (Lipinski definition) is 6. The number of carbonyl (C=O) groups excluding carboxylic acids is 2. The minimum Gasteiger partial charge on any atom is -0.507 e. The highest BCUT2D eigenvalue weighted by Gasteiger charge is 2.46. The Morgan fingerprint density at radius 3 is 2.34 bits per heavy atom. The van der Waals surface area contributed by atoms with Gasteiger partial charge in [-0.05, 0) is 30.7 Å². The quantitative estimate of drug-likeness (QED) is 0.217. The first-order valence-corrected chi connectivity index (χ1v) is 12.8. The van der Waals surface area contributed by atoms with Crippen molar-refractivity contribution in [2.75, 3.05) is 6.61 Å². The van der Waals surface area contributed by atoms with E-state index in [4.69, 9.17) is 18.9 Å². The summed E-state index contributed by atoms with van der Waals surface area (Å²) in [6.07, 6.45) is -9.15. The summed E-state index contributed by atoms with van der Waals surface area (Å²) in [4.78, 5) is 26.1. The molecular formula is C29H26O12. The summed E-state index contributed by atoms with van der Waals surface area (Å²) in [6, 6.07) is 10.0. The predicted octanol–water partition coefficient (Wildman–Crippen LogP) is 1.84. The van der Waals surface area contributed by atoms with E-state index in [-0.39, 0.29) is 51.5 Å². The molecule has 214 valence electrons. The van der Waals surface area contributed by atoms with E-state index in [1.54, 1.807) is 6.07 Å². The van der Waals surface area contributed by atoms with Gasteiger partial charge in [0.1, 0.15) is 77.0 Å². The van der Waals surface area contributed by atoms with Crippen LogP contribution in [0.15, 0.2) is 42.5 Å². The largest absolute Gasteiger partial charge is 0.507 e. The molecule has 3 aromatic rings. The zero-order valence-electron chi connectivity index (χ0n) is 21.6. The second-order valence-electron chi connectivity index (χ2n) is 10.2. The van der Waals surface area contributed by atoms with Crippen molar-refractivity contribution in [2.24, 2.45) is 0 Å². The molecule has 3 aromatic carbocycles. The standard InChI is InChI=1S/C29H26O12/c1-11-18-9-20-22(23(11)32)17(31)8-19(39-20)12-5-6-16(30)15(7-12)13-3-2-4-14(24(13)33)28(37)38-10-21-25(34)26(35)27(36)29(40-18)41-21/h2-7,9,19,21,25-27,29-30,32-36H,8,10H2,1H3. The Balaban J connectivity index is 1.52. The summed E-state index contributed by atoms with van der Waals surface area (Å²) in [5.41, 5.74) is 0.531. The van der Waals surface area contributed by atoms with Gasteiger partial charge < -0.3 is 49.6 Å². The minimum absolute atomic E-state index is 0.0127. The molecule has 1 saturated heterocycles. The van der Waals surface area contributed by atoms with Crippen LogP contribution in [-0.2, 0) is 9.47 Å². The van der Waals surface area contributed by atoms with Gasteiger partial charge in [-0.3, -0.25) is 4.79 Å². The van der Waals surface area contributed by atoms with E-state index in [0.29, 0.717) is 5.56 Å². The van der Waals surface area contributed by atoms with E-state index in [0.717, 1.165) is 0 Å². The Labute approximate surface area is 232 Å². The van der Waals surface area contributed by atoms with Gasteiger partial charge >= 0.3 is 5.97 Å². The Kier molecular flexibility index (Phi) is 6.50. The summed E-state index contributed by atoms with van der Waals surface area (Å²) < 4.78 is 22.8. The zero-order valence-corrected chi connectivity index (χ0v) is 21.6. The predicted molar refractivity (Wildman–Crippen MR) is 138 cm³/mol. The van der Waals surface area contributed by atoms with Gasteiger partial charge in [0, 0.05) is 22.8 Å². The number of phenols is 3. The van der Waals surface area contributed by atoms with E-state index >= 15 is 0 Å². The second kappa shape index (κ2) is 9.93. The molecule has 0 aromatic heterocycles. The van der Waals surface area contributed by atoms with Gasteiger partial charge in [0.25, 0.3) is 0 Å². The van der Waals surface area contributed by atoms with Gasteiger partial charge in [-0.1, -0.05) is 18.2 Å². The summed E-state index contributed by atoms with van der Waals surface area (Å²) >= 11 is 0. The lowest BCUT2D eigenvalue weighted by Crippen LogP contribution is -2.60. The third-order valence-electron chi connectivity index (χ3n) is 7.62. The molecule has 12 heteroatoms. The van der Waals surface area contributed by atoms with Crippen LogP contribution in [0.4, 0.5) is 0 Å². The molecule has 6 N–H and O–H groups in total. The summed E-state index contributed by atoms with van der Waals surface area (Å²) in [5, 5.41) is 64.0. The molecule has 6 unspecified atom stereocenters. The van der Waals surface area contributed by atoms with Crippen LogP contribution in [0.2, 0.25) is 0 Å². The number of ketones is 1. The van der Waals surface area contributed by atoms with Gasteiger partial charge in [-0.25, -0.2) is 4.79 Å². The van der Waals surface area contributed by atoms with Crippen LogP contribution in [-0.4, -0.2) is 79.7 Å². The lowest BCUT2D eigenvalue weighted by Gasteiger charge is -2.40. The third-order valence-corrected chi connectivity index (χ3v) is 7.62. The number of aromatic hydroxyl groups is 3. The number of carbonyl (C=O) groups is 2. The molecule has 9 bridgehead atoms. The molecule has 6 rings (SSSR count). The van der Waals surface area contributed by atoms with Crippen molar-refractivity contribution in [1.29, 1.82) is 0 Å². The average molecular weight is 567 g/mol.